The second-order valence-electron chi connectivity index (χ2n) is 6.66. The van der Waals surface area contributed by atoms with Crippen molar-refractivity contribution in [3.8, 4) is 0 Å². The van der Waals surface area contributed by atoms with Crippen LogP contribution in [-0.4, -0.2) is 29.4 Å². The summed E-state index contributed by atoms with van der Waals surface area (Å²) in [7, 11) is 1.89. The first-order valence-corrected chi connectivity index (χ1v) is 7.16. The van der Waals surface area contributed by atoms with Gasteiger partial charge in [-0.25, -0.2) is 0 Å². The van der Waals surface area contributed by atoms with Crippen molar-refractivity contribution in [3.05, 3.63) is 36.0 Å². The molecule has 3 heteroatoms. The number of amides is 1. The van der Waals surface area contributed by atoms with Gasteiger partial charge in [0.25, 0.3) is 0 Å². The number of para-hydroxylation sites is 1. The molecule has 108 valence electrons. The predicted molar refractivity (Wildman–Crippen MR) is 83.7 cm³/mol. The van der Waals surface area contributed by atoms with E-state index in [4.69, 9.17) is 0 Å². The molecule has 0 saturated heterocycles. The molecular formula is C17H24N2O. The van der Waals surface area contributed by atoms with Crippen LogP contribution in [0.1, 0.15) is 32.8 Å². The number of nitrogens with zero attached hydrogens (tertiary/aromatic N) is 1. The van der Waals surface area contributed by atoms with Gasteiger partial charge in [-0.1, -0.05) is 39.0 Å². The molecule has 0 unspecified atom stereocenters. The fraction of sp³-hybridized carbons (Fsp3) is 0.471. The van der Waals surface area contributed by atoms with E-state index in [1.807, 2.05) is 30.3 Å². The Labute approximate surface area is 121 Å². The largest absolute Gasteiger partial charge is 0.361 e. The molecule has 0 saturated carbocycles. The molecule has 3 nitrogen and oxygen atoms in total. The first-order valence-electron chi connectivity index (χ1n) is 7.16. The molecule has 0 radical (unpaired) electrons. The number of hydrogen-bond acceptors (Lipinski definition) is 1. The highest BCUT2D eigenvalue weighted by Crippen LogP contribution is 2.21. The highest BCUT2D eigenvalue weighted by molar-refractivity contribution is 5.83. The average Bonchev–Trinajstić information content (AvgIpc) is 2.77. The number of carbonyl (C=O) groups is 1. The predicted octanol–water partition coefficient (Wildman–Crippen LogP) is 3.61. The SMILES string of the molecule is CN(CCc1c[nH]c2ccccc12)C(=O)CC(C)(C)C. The van der Waals surface area contributed by atoms with E-state index in [2.05, 4.69) is 37.9 Å². The van der Waals surface area contributed by atoms with Crippen molar-refractivity contribution in [1.29, 1.82) is 0 Å². The maximum atomic E-state index is 12.1. The summed E-state index contributed by atoms with van der Waals surface area (Å²) in [6.45, 7) is 7.05. The molecule has 20 heavy (non-hydrogen) atoms. The fourth-order valence-electron chi connectivity index (χ4n) is 2.34. The highest BCUT2D eigenvalue weighted by Gasteiger charge is 2.18. The standard InChI is InChI=1S/C17H24N2O/c1-17(2,3)11-16(20)19(4)10-9-13-12-18-15-8-6-5-7-14(13)15/h5-8,12,18H,9-11H2,1-4H3. The number of nitrogens with one attached hydrogen (secondary N) is 1. The smallest absolute Gasteiger partial charge is 0.222 e. The Morgan fingerprint density at radius 3 is 2.65 bits per heavy atom. The molecular weight excluding hydrogens is 248 g/mol. The Hall–Kier alpha value is -1.77. The summed E-state index contributed by atoms with van der Waals surface area (Å²) in [4.78, 5) is 17.2. The van der Waals surface area contributed by atoms with Crippen LogP contribution in [0, 0.1) is 5.41 Å². The van der Waals surface area contributed by atoms with E-state index in [1.165, 1.54) is 10.9 Å². The van der Waals surface area contributed by atoms with E-state index in [-0.39, 0.29) is 11.3 Å². The third-order valence-corrected chi connectivity index (χ3v) is 3.50. The number of fused-ring (bicyclic) bond motifs is 1. The van der Waals surface area contributed by atoms with Gasteiger partial charge in [-0.2, -0.15) is 0 Å². The molecule has 2 rings (SSSR count). The van der Waals surface area contributed by atoms with Gasteiger partial charge in [-0.15, -0.1) is 0 Å². The van der Waals surface area contributed by atoms with E-state index in [0.717, 1.165) is 18.5 Å². The lowest BCUT2D eigenvalue weighted by Gasteiger charge is -2.23. The van der Waals surface area contributed by atoms with Gasteiger partial charge < -0.3 is 9.88 Å². The Morgan fingerprint density at radius 2 is 1.95 bits per heavy atom. The van der Waals surface area contributed by atoms with E-state index in [0.29, 0.717) is 6.42 Å². The van der Waals surface area contributed by atoms with Crippen LogP contribution in [0.15, 0.2) is 30.5 Å². The van der Waals surface area contributed by atoms with E-state index < -0.39 is 0 Å². The second kappa shape index (κ2) is 5.70. The summed E-state index contributed by atoms with van der Waals surface area (Å²) in [6.07, 6.45) is 3.53. The minimum atomic E-state index is 0.0477. The lowest BCUT2D eigenvalue weighted by atomic mass is 9.91. The van der Waals surface area contributed by atoms with Gasteiger partial charge in [0.1, 0.15) is 0 Å². The monoisotopic (exact) mass is 272 g/mol. The van der Waals surface area contributed by atoms with Crippen molar-refractivity contribution in [2.75, 3.05) is 13.6 Å². The number of H-pyrrole nitrogens is 1. The van der Waals surface area contributed by atoms with E-state index in [9.17, 15) is 4.79 Å². The molecule has 1 aromatic heterocycles. The van der Waals surface area contributed by atoms with Crippen molar-refractivity contribution in [2.24, 2.45) is 5.41 Å². The third-order valence-electron chi connectivity index (χ3n) is 3.50. The maximum Gasteiger partial charge on any atom is 0.222 e. The number of benzene rings is 1. The first-order chi connectivity index (χ1) is 9.37. The number of aromatic amines is 1. The number of aromatic nitrogens is 1. The summed E-state index contributed by atoms with van der Waals surface area (Å²) in [5.41, 5.74) is 2.48. The van der Waals surface area contributed by atoms with Gasteiger partial charge in [0.05, 0.1) is 0 Å². The van der Waals surface area contributed by atoms with Gasteiger partial charge in [0, 0.05) is 37.1 Å². The number of carbonyl (C=O) groups excluding carboxylic acids is 1. The third kappa shape index (κ3) is 3.62. The van der Waals surface area contributed by atoms with Crippen LogP contribution in [0.25, 0.3) is 10.9 Å². The number of hydrogen-bond donors (Lipinski definition) is 1. The second-order valence-corrected chi connectivity index (χ2v) is 6.66. The molecule has 0 aliphatic rings. The van der Waals surface area contributed by atoms with Gasteiger partial charge in [-0.05, 0) is 23.5 Å². The van der Waals surface area contributed by atoms with Gasteiger partial charge in [-0.3, -0.25) is 4.79 Å². The number of likely N-dealkylation sites (N-methyl/N-ethyl adjacent to an activating group) is 1. The molecule has 0 spiro atoms. The summed E-state index contributed by atoms with van der Waals surface area (Å²) >= 11 is 0. The molecule has 0 aliphatic heterocycles. The van der Waals surface area contributed by atoms with Crippen LogP contribution in [0.2, 0.25) is 0 Å². The zero-order valence-corrected chi connectivity index (χ0v) is 12.9. The average molecular weight is 272 g/mol. The van der Waals surface area contributed by atoms with Gasteiger partial charge in [0.2, 0.25) is 5.91 Å². The molecule has 2 aromatic rings. The van der Waals surface area contributed by atoms with Crippen LogP contribution >= 0.6 is 0 Å². The molecule has 1 aromatic carbocycles. The van der Waals surface area contributed by atoms with Crippen LogP contribution in [-0.2, 0) is 11.2 Å². The molecule has 1 heterocycles. The zero-order chi connectivity index (χ0) is 14.8. The normalized spacial score (nSPS) is 11.8. The maximum absolute atomic E-state index is 12.1. The topological polar surface area (TPSA) is 36.1 Å². The molecule has 1 amide bonds. The van der Waals surface area contributed by atoms with E-state index in [1.54, 1.807) is 0 Å². The van der Waals surface area contributed by atoms with Crippen molar-refractivity contribution in [2.45, 2.75) is 33.6 Å². The van der Waals surface area contributed by atoms with Gasteiger partial charge in [0.15, 0.2) is 0 Å². The van der Waals surface area contributed by atoms with Crippen molar-refractivity contribution < 1.29 is 4.79 Å². The van der Waals surface area contributed by atoms with E-state index >= 15 is 0 Å². The van der Waals surface area contributed by atoms with Crippen LogP contribution in [0.4, 0.5) is 0 Å². The Balaban J connectivity index is 1.96. The summed E-state index contributed by atoms with van der Waals surface area (Å²) in [5.74, 6) is 0.220. The van der Waals surface area contributed by atoms with Crippen molar-refractivity contribution in [1.82, 2.24) is 9.88 Å². The van der Waals surface area contributed by atoms with Crippen LogP contribution < -0.4 is 0 Å². The minimum Gasteiger partial charge on any atom is -0.361 e. The molecule has 0 atom stereocenters. The summed E-state index contributed by atoms with van der Waals surface area (Å²) in [5, 5.41) is 1.25. The summed E-state index contributed by atoms with van der Waals surface area (Å²) < 4.78 is 0. The zero-order valence-electron chi connectivity index (χ0n) is 12.9. The number of rotatable bonds is 4. The Morgan fingerprint density at radius 1 is 1.25 bits per heavy atom. The molecule has 0 bridgehead atoms. The molecule has 0 fully saturated rings. The van der Waals surface area contributed by atoms with Crippen LogP contribution in [0.3, 0.4) is 0 Å². The minimum absolute atomic E-state index is 0.0477. The first kappa shape index (κ1) is 14.6. The fourth-order valence-corrected chi connectivity index (χ4v) is 2.34. The molecule has 1 N–H and O–H groups in total. The highest BCUT2D eigenvalue weighted by atomic mass is 16.2. The van der Waals surface area contributed by atoms with Gasteiger partial charge >= 0.3 is 0 Å². The van der Waals surface area contributed by atoms with Crippen molar-refractivity contribution in [3.63, 3.8) is 0 Å². The Kier molecular flexibility index (Phi) is 4.17. The molecule has 0 aliphatic carbocycles. The lowest BCUT2D eigenvalue weighted by molar-refractivity contribution is -0.131. The van der Waals surface area contributed by atoms with Crippen molar-refractivity contribution >= 4 is 16.8 Å². The summed E-state index contributed by atoms with van der Waals surface area (Å²) in [6, 6.07) is 8.28. The lowest BCUT2D eigenvalue weighted by Crippen LogP contribution is -2.31. The Bertz CT molecular complexity index is 592. The quantitative estimate of drug-likeness (QED) is 0.907. The van der Waals surface area contributed by atoms with Crippen LogP contribution in [0.5, 0.6) is 0 Å².